The van der Waals surface area contributed by atoms with E-state index in [1.54, 1.807) is 12.1 Å². The highest BCUT2D eigenvalue weighted by Crippen LogP contribution is 2.61. The molecule has 3 saturated carbocycles. The van der Waals surface area contributed by atoms with Gasteiger partial charge in [-0.15, -0.1) is 0 Å². The third-order valence-electron chi connectivity index (χ3n) is 5.86. The number of benzene rings is 1. The van der Waals surface area contributed by atoms with Gasteiger partial charge in [0.25, 0.3) is 0 Å². The predicted molar refractivity (Wildman–Crippen MR) is 77.9 cm³/mol. The molecule has 2 N–H and O–H groups in total. The fraction of sp³-hybridized carbons (Fsp3) is 0.647. The van der Waals surface area contributed by atoms with E-state index in [4.69, 9.17) is 0 Å². The minimum absolute atomic E-state index is 0.345. The quantitative estimate of drug-likeness (QED) is 0.870. The Morgan fingerprint density at radius 3 is 2.47 bits per heavy atom. The first-order valence-corrected chi connectivity index (χ1v) is 7.50. The highest BCUT2D eigenvalue weighted by atomic mass is 16.3. The molecule has 0 aliphatic heterocycles. The Hall–Kier alpha value is -1.02. The highest BCUT2D eigenvalue weighted by Gasteiger charge is 2.55. The van der Waals surface area contributed by atoms with Gasteiger partial charge in [-0.05, 0) is 53.7 Å². The van der Waals surface area contributed by atoms with E-state index in [1.165, 1.54) is 18.4 Å². The molecule has 2 nitrogen and oxygen atoms in total. The molecule has 2 bridgehead atoms. The summed E-state index contributed by atoms with van der Waals surface area (Å²) in [4.78, 5) is 0. The maximum Gasteiger partial charge on any atom is 0.115 e. The number of phenolic OH excluding ortho intramolecular Hbond substituents is 1. The zero-order chi connectivity index (χ0) is 13.6. The van der Waals surface area contributed by atoms with Crippen LogP contribution < -0.4 is 5.32 Å². The van der Waals surface area contributed by atoms with Crippen LogP contribution in [0.1, 0.15) is 39.2 Å². The van der Waals surface area contributed by atoms with Crippen LogP contribution in [0.2, 0.25) is 0 Å². The standard InChI is InChI=1S/C17H25NO/c1-11-15-8-13(17(15,2)3)9-16(11)18-10-12-4-6-14(19)7-5-12/h4-7,11,13,15-16,18-19H,8-10H2,1-3H3/t11-,13+,15-,16-/m1/s1. The Morgan fingerprint density at radius 2 is 1.89 bits per heavy atom. The summed E-state index contributed by atoms with van der Waals surface area (Å²) in [6.45, 7) is 8.21. The minimum atomic E-state index is 0.345. The Balaban J connectivity index is 1.59. The number of fused-ring (bicyclic) bond motifs is 2. The molecule has 0 heterocycles. The van der Waals surface area contributed by atoms with Crippen molar-refractivity contribution in [3.63, 3.8) is 0 Å². The van der Waals surface area contributed by atoms with Crippen molar-refractivity contribution in [2.24, 2.45) is 23.2 Å². The molecule has 0 amide bonds. The van der Waals surface area contributed by atoms with Gasteiger partial charge < -0.3 is 10.4 Å². The van der Waals surface area contributed by atoms with E-state index in [-0.39, 0.29) is 0 Å². The molecule has 0 unspecified atom stereocenters. The van der Waals surface area contributed by atoms with Crippen molar-refractivity contribution < 1.29 is 5.11 Å². The lowest BCUT2D eigenvalue weighted by Crippen LogP contribution is -2.59. The molecule has 3 fully saturated rings. The average Bonchev–Trinajstić information content (AvgIpc) is 2.38. The van der Waals surface area contributed by atoms with Crippen LogP contribution in [0.15, 0.2) is 24.3 Å². The van der Waals surface area contributed by atoms with Crippen molar-refractivity contribution in [1.82, 2.24) is 5.32 Å². The van der Waals surface area contributed by atoms with Crippen molar-refractivity contribution in [2.75, 3.05) is 0 Å². The van der Waals surface area contributed by atoms with E-state index in [0.29, 0.717) is 17.2 Å². The first-order valence-electron chi connectivity index (χ1n) is 7.50. The second-order valence-electron chi connectivity index (χ2n) is 7.11. The number of aromatic hydroxyl groups is 1. The van der Waals surface area contributed by atoms with Crippen LogP contribution >= 0.6 is 0 Å². The van der Waals surface area contributed by atoms with Crippen LogP contribution in [0.4, 0.5) is 0 Å². The summed E-state index contributed by atoms with van der Waals surface area (Å²) in [5.74, 6) is 2.92. The van der Waals surface area contributed by atoms with Crippen molar-refractivity contribution in [3.05, 3.63) is 29.8 Å². The number of rotatable bonds is 3. The molecule has 1 aromatic rings. The zero-order valence-electron chi connectivity index (χ0n) is 12.2. The normalized spacial score (nSPS) is 35.7. The molecule has 3 aliphatic carbocycles. The molecular weight excluding hydrogens is 234 g/mol. The van der Waals surface area contributed by atoms with Gasteiger partial charge in [-0.3, -0.25) is 0 Å². The third-order valence-corrected chi connectivity index (χ3v) is 5.86. The molecule has 3 aliphatic rings. The first kappa shape index (κ1) is 13.0. The zero-order valence-corrected chi connectivity index (χ0v) is 12.2. The maximum absolute atomic E-state index is 9.29. The van der Waals surface area contributed by atoms with E-state index >= 15 is 0 Å². The minimum Gasteiger partial charge on any atom is -0.508 e. The number of hydrogen-bond donors (Lipinski definition) is 2. The Morgan fingerprint density at radius 1 is 1.21 bits per heavy atom. The number of phenols is 1. The summed E-state index contributed by atoms with van der Waals surface area (Å²) in [6, 6.07) is 8.19. The molecule has 0 radical (unpaired) electrons. The second kappa shape index (κ2) is 4.52. The molecule has 19 heavy (non-hydrogen) atoms. The highest BCUT2D eigenvalue weighted by molar-refractivity contribution is 5.25. The van der Waals surface area contributed by atoms with Crippen molar-refractivity contribution in [3.8, 4) is 5.75 Å². The molecular formula is C17H25NO. The smallest absolute Gasteiger partial charge is 0.115 e. The second-order valence-corrected chi connectivity index (χ2v) is 7.11. The van der Waals surface area contributed by atoms with E-state index in [9.17, 15) is 5.11 Å². The van der Waals surface area contributed by atoms with Crippen LogP contribution in [0, 0.1) is 23.2 Å². The van der Waals surface area contributed by atoms with Gasteiger partial charge >= 0.3 is 0 Å². The van der Waals surface area contributed by atoms with Gasteiger partial charge in [0.05, 0.1) is 0 Å². The Kier molecular flexibility index (Phi) is 3.09. The summed E-state index contributed by atoms with van der Waals surface area (Å²) >= 11 is 0. The van der Waals surface area contributed by atoms with Gasteiger partial charge in [-0.25, -0.2) is 0 Å². The predicted octanol–water partition coefficient (Wildman–Crippen LogP) is 3.55. The van der Waals surface area contributed by atoms with E-state index < -0.39 is 0 Å². The lowest BCUT2D eigenvalue weighted by atomic mass is 9.45. The van der Waals surface area contributed by atoms with Gasteiger partial charge in [0.15, 0.2) is 0 Å². The van der Waals surface area contributed by atoms with Gasteiger partial charge in [0, 0.05) is 12.6 Å². The fourth-order valence-electron chi connectivity index (χ4n) is 4.28. The molecule has 104 valence electrons. The lowest BCUT2D eigenvalue weighted by Gasteiger charge is -2.62. The molecule has 4 atom stereocenters. The van der Waals surface area contributed by atoms with Gasteiger partial charge in [-0.1, -0.05) is 32.9 Å². The topological polar surface area (TPSA) is 32.3 Å². The molecule has 0 spiro atoms. The monoisotopic (exact) mass is 259 g/mol. The molecule has 4 rings (SSSR count). The largest absolute Gasteiger partial charge is 0.508 e. The maximum atomic E-state index is 9.29. The van der Waals surface area contributed by atoms with Crippen LogP contribution in [0.25, 0.3) is 0 Å². The third kappa shape index (κ3) is 2.16. The van der Waals surface area contributed by atoms with Crippen molar-refractivity contribution in [2.45, 2.75) is 46.2 Å². The van der Waals surface area contributed by atoms with Crippen molar-refractivity contribution >= 4 is 0 Å². The van der Waals surface area contributed by atoms with Gasteiger partial charge in [0.2, 0.25) is 0 Å². The summed E-state index contributed by atoms with van der Waals surface area (Å²) in [7, 11) is 0. The number of nitrogens with one attached hydrogen (secondary N) is 1. The van der Waals surface area contributed by atoms with E-state index in [1.807, 2.05) is 12.1 Å². The van der Waals surface area contributed by atoms with E-state index in [0.717, 1.165) is 24.3 Å². The average molecular weight is 259 g/mol. The molecule has 1 aromatic carbocycles. The number of hydrogen-bond acceptors (Lipinski definition) is 2. The van der Waals surface area contributed by atoms with Crippen LogP contribution in [0.3, 0.4) is 0 Å². The SMILES string of the molecule is C[C@@H]1[C@H]2C[C@@H](C[C@H]1NCc1ccc(O)cc1)C2(C)C. The van der Waals surface area contributed by atoms with Crippen LogP contribution in [-0.2, 0) is 6.54 Å². The van der Waals surface area contributed by atoms with Crippen LogP contribution in [-0.4, -0.2) is 11.1 Å². The van der Waals surface area contributed by atoms with Crippen LogP contribution in [0.5, 0.6) is 5.75 Å². The van der Waals surface area contributed by atoms with Gasteiger partial charge in [-0.2, -0.15) is 0 Å². The van der Waals surface area contributed by atoms with E-state index in [2.05, 4.69) is 26.1 Å². The Labute approximate surface area is 116 Å². The first-order chi connectivity index (χ1) is 8.98. The summed E-state index contributed by atoms with van der Waals surface area (Å²) in [5, 5.41) is 13.0. The van der Waals surface area contributed by atoms with Crippen molar-refractivity contribution in [1.29, 1.82) is 0 Å². The molecule has 2 heteroatoms. The summed E-state index contributed by atoms with van der Waals surface area (Å²) in [6.07, 6.45) is 2.76. The van der Waals surface area contributed by atoms with Gasteiger partial charge in [0.1, 0.15) is 5.75 Å². The molecule has 0 aromatic heterocycles. The molecule has 0 saturated heterocycles. The lowest BCUT2D eigenvalue weighted by molar-refractivity contribution is -0.115. The Bertz CT molecular complexity index is 451. The summed E-state index contributed by atoms with van der Waals surface area (Å²) < 4.78 is 0. The summed E-state index contributed by atoms with van der Waals surface area (Å²) in [5.41, 5.74) is 1.82. The fourth-order valence-corrected chi connectivity index (χ4v) is 4.28.